The van der Waals surface area contributed by atoms with Gasteiger partial charge >= 0.3 is 0 Å². The zero-order valence-electron chi connectivity index (χ0n) is 13.5. The molecule has 0 saturated carbocycles. The molecular formula is C17H22N4O2. The molecule has 4 rings (SSSR count). The summed E-state index contributed by atoms with van der Waals surface area (Å²) in [6, 6.07) is 1.88. The van der Waals surface area contributed by atoms with Gasteiger partial charge < -0.3 is 14.2 Å². The van der Waals surface area contributed by atoms with E-state index in [9.17, 15) is 4.79 Å². The molecular weight excluding hydrogens is 292 g/mol. The molecule has 23 heavy (non-hydrogen) atoms. The second kappa shape index (κ2) is 5.92. The molecule has 1 saturated heterocycles. The number of morpholine rings is 1. The van der Waals surface area contributed by atoms with Crippen molar-refractivity contribution < 1.29 is 9.53 Å². The monoisotopic (exact) mass is 314 g/mol. The van der Waals surface area contributed by atoms with Crippen molar-refractivity contribution in [3.05, 3.63) is 23.1 Å². The van der Waals surface area contributed by atoms with Crippen molar-refractivity contribution in [1.82, 2.24) is 19.4 Å². The van der Waals surface area contributed by atoms with Gasteiger partial charge in [-0.25, -0.2) is 9.97 Å². The second-order valence-corrected chi connectivity index (χ2v) is 6.38. The Morgan fingerprint density at radius 2 is 1.96 bits per heavy atom. The zero-order chi connectivity index (χ0) is 15.8. The van der Waals surface area contributed by atoms with E-state index in [-0.39, 0.29) is 5.91 Å². The smallest absolute Gasteiger partial charge is 0.256 e. The molecule has 0 atom stereocenters. The van der Waals surface area contributed by atoms with E-state index in [1.165, 1.54) is 6.42 Å². The normalized spacial score (nSPS) is 18.7. The fourth-order valence-electron chi connectivity index (χ4n) is 3.52. The summed E-state index contributed by atoms with van der Waals surface area (Å²) in [7, 11) is 0. The van der Waals surface area contributed by atoms with Crippen molar-refractivity contribution in [2.45, 2.75) is 39.2 Å². The minimum absolute atomic E-state index is 0.0528. The Kier molecular flexibility index (Phi) is 3.77. The lowest BCUT2D eigenvalue weighted by molar-refractivity contribution is 0.0304. The highest BCUT2D eigenvalue weighted by molar-refractivity contribution is 6.04. The third-order valence-corrected chi connectivity index (χ3v) is 4.72. The number of aromatic nitrogens is 3. The molecule has 0 radical (unpaired) electrons. The molecule has 6 nitrogen and oxygen atoms in total. The molecule has 1 fully saturated rings. The Morgan fingerprint density at radius 1 is 1.13 bits per heavy atom. The lowest BCUT2D eigenvalue weighted by Crippen LogP contribution is -2.40. The number of rotatable bonds is 1. The minimum atomic E-state index is 0.0528. The maximum atomic E-state index is 12.9. The predicted octanol–water partition coefficient (Wildman–Crippen LogP) is 1.94. The van der Waals surface area contributed by atoms with Crippen LogP contribution in [0.5, 0.6) is 0 Å². The summed E-state index contributed by atoms with van der Waals surface area (Å²) in [4.78, 5) is 24.3. The molecule has 2 aromatic rings. The van der Waals surface area contributed by atoms with Crippen molar-refractivity contribution in [2.75, 3.05) is 26.3 Å². The molecule has 0 N–H and O–H groups in total. The van der Waals surface area contributed by atoms with Crippen LogP contribution in [-0.2, 0) is 17.7 Å². The fourth-order valence-corrected chi connectivity index (χ4v) is 3.52. The van der Waals surface area contributed by atoms with Gasteiger partial charge in [0.2, 0.25) is 0 Å². The number of aryl methyl sites for hydroxylation is 3. The minimum Gasteiger partial charge on any atom is -0.378 e. The molecule has 0 spiro atoms. The van der Waals surface area contributed by atoms with E-state index in [1.54, 1.807) is 0 Å². The highest BCUT2D eigenvalue weighted by Gasteiger charge is 2.25. The third kappa shape index (κ3) is 2.61. The summed E-state index contributed by atoms with van der Waals surface area (Å²) in [6.07, 6.45) is 4.52. The largest absolute Gasteiger partial charge is 0.378 e. The Labute approximate surface area is 135 Å². The van der Waals surface area contributed by atoms with E-state index in [1.807, 2.05) is 17.9 Å². The van der Waals surface area contributed by atoms with Gasteiger partial charge in [-0.05, 0) is 25.8 Å². The van der Waals surface area contributed by atoms with E-state index in [0.717, 1.165) is 48.5 Å². The van der Waals surface area contributed by atoms with Crippen molar-refractivity contribution >= 4 is 17.1 Å². The van der Waals surface area contributed by atoms with Crippen LogP contribution in [0.1, 0.15) is 41.1 Å². The third-order valence-electron chi connectivity index (χ3n) is 4.72. The van der Waals surface area contributed by atoms with Crippen LogP contribution in [0.25, 0.3) is 11.2 Å². The summed E-state index contributed by atoms with van der Waals surface area (Å²) in [6.45, 7) is 5.42. The van der Waals surface area contributed by atoms with E-state index in [2.05, 4.69) is 9.55 Å². The van der Waals surface area contributed by atoms with E-state index >= 15 is 0 Å². The van der Waals surface area contributed by atoms with Crippen LogP contribution in [-0.4, -0.2) is 51.6 Å². The Balaban J connectivity index is 1.81. The van der Waals surface area contributed by atoms with Gasteiger partial charge in [0.25, 0.3) is 5.91 Å². The van der Waals surface area contributed by atoms with Gasteiger partial charge in [0.1, 0.15) is 11.3 Å². The molecule has 1 amide bonds. The maximum absolute atomic E-state index is 12.9. The van der Waals surface area contributed by atoms with Crippen LogP contribution in [0.4, 0.5) is 0 Å². The van der Waals surface area contributed by atoms with Crippen LogP contribution in [0.2, 0.25) is 0 Å². The molecule has 0 bridgehead atoms. The average Bonchev–Trinajstić information content (AvgIpc) is 2.76. The first kappa shape index (κ1) is 14.6. The van der Waals surface area contributed by atoms with Crippen LogP contribution >= 0.6 is 0 Å². The molecule has 0 aromatic carbocycles. The highest BCUT2D eigenvalue weighted by atomic mass is 16.5. The van der Waals surface area contributed by atoms with E-state index in [0.29, 0.717) is 31.9 Å². The maximum Gasteiger partial charge on any atom is 0.256 e. The highest BCUT2D eigenvalue weighted by Crippen LogP contribution is 2.25. The summed E-state index contributed by atoms with van der Waals surface area (Å²) in [5.74, 6) is 1.13. The first-order chi connectivity index (χ1) is 11.2. The number of carbonyl (C=O) groups excluding carboxylic acids is 1. The van der Waals surface area contributed by atoms with Crippen LogP contribution in [0.15, 0.2) is 6.07 Å². The number of imidazole rings is 1. The van der Waals surface area contributed by atoms with Gasteiger partial charge in [-0.1, -0.05) is 6.42 Å². The predicted molar refractivity (Wildman–Crippen MR) is 86.5 cm³/mol. The van der Waals surface area contributed by atoms with Crippen molar-refractivity contribution in [1.29, 1.82) is 0 Å². The lowest BCUT2D eigenvalue weighted by atomic mass is 10.1. The molecule has 0 aliphatic carbocycles. The number of hydrogen-bond acceptors (Lipinski definition) is 4. The number of ether oxygens (including phenoxy) is 1. The number of carbonyl (C=O) groups is 1. The number of amides is 1. The second-order valence-electron chi connectivity index (χ2n) is 6.38. The SMILES string of the molecule is Cc1cc(C(=O)N2CCOCC2)c2nc3n(c2n1)CCCCC3. The molecule has 0 unspecified atom stereocenters. The average molecular weight is 314 g/mol. The standard InChI is InChI=1S/C17H22N4O2/c1-12-11-13(17(22)20-7-9-23-10-8-20)15-16(18-12)21-6-4-2-3-5-14(21)19-15/h11H,2-10H2,1H3. The molecule has 6 heteroatoms. The van der Waals surface area contributed by atoms with Gasteiger partial charge in [0.05, 0.1) is 18.8 Å². The number of pyridine rings is 1. The molecule has 122 valence electrons. The zero-order valence-corrected chi connectivity index (χ0v) is 13.5. The number of fused-ring (bicyclic) bond motifs is 3. The van der Waals surface area contributed by atoms with Crippen LogP contribution in [0, 0.1) is 6.92 Å². The summed E-state index contributed by atoms with van der Waals surface area (Å²) >= 11 is 0. The Morgan fingerprint density at radius 3 is 2.78 bits per heavy atom. The number of nitrogens with zero attached hydrogens (tertiary/aromatic N) is 4. The first-order valence-electron chi connectivity index (χ1n) is 8.48. The molecule has 2 aliphatic heterocycles. The van der Waals surface area contributed by atoms with Gasteiger partial charge in [-0.3, -0.25) is 4.79 Å². The van der Waals surface area contributed by atoms with Gasteiger partial charge in [0.15, 0.2) is 5.65 Å². The summed E-state index contributed by atoms with van der Waals surface area (Å²) in [5, 5.41) is 0. The van der Waals surface area contributed by atoms with Gasteiger partial charge in [-0.2, -0.15) is 0 Å². The first-order valence-corrected chi connectivity index (χ1v) is 8.48. The summed E-state index contributed by atoms with van der Waals surface area (Å²) in [5.41, 5.74) is 3.21. The summed E-state index contributed by atoms with van der Waals surface area (Å²) < 4.78 is 7.56. The number of hydrogen-bond donors (Lipinski definition) is 0. The quantitative estimate of drug-likeness (QED) is 0.807. The Hall–Kier alpha value is -1.95. The van der Waals surface area contributed by atoms with Crippen LogP contribution in [0.3, 0.4) is 0 Å². The van der Waals surface area contributed by atoms with Crippen molar-refractivity contribution in [2.24, 2.45) is 0 Å². The molecule has 2 aliphatic rings. The van der Waals surface area contributed by atoms with E-state index < -0.39 is 0 Å². The van der Waals surface area contributed by atoms with Gasteiger partial charge in [-0.15, -0.1) is 0 Å². The van der Waals surface area contributed by atoms with Crippen molar-refractivity contribution in [3.63, 3.8) is 0 Å². The Bertz CT molecular complexity index is 747. The molecule has 2 aromatic heterocycles. The van der Waals surface area contributed by atoms with Crippen molar-refractivity contribution in [3.8, 4) is 0 Å². The lowest BCUT2D eigenvalue weighted by Gasteiger charge is -2.27. The molecule has 4 heterocycles. The fraction of sp³-hybridized carbons (Fsp3) is 0.588. The van der Waals surface area contributed by atoms with Gasteiger partial charge in [0, 0.05) is 31.7 Å². The van der Waals surface area contributed by atoms with Crippen LogP contribution < -0.4 is 0 Å². The topological polar surface area (TPSA) is 60.3 Å². The van der Waals surface area contributed by atoms with E-state index in [4.69, 9.17) is 9.72 Å².